The van der Waals surface area contributed by atoms with Crippen LogP contribution in [0.5, 0.6) is 0 Å². The first-order chi connectivity index (χ1) is 14.2. The number of anilines is 1. The molecule has 0 saturated carbocycles. The minimum absolute atomic E-state index is 0.0711. The average Bonchev–Trinajstić information content (AvgIpc) is 3.29. The SMILES string of the molecule is Cc1ccc(NC(=O)c2c(C)c(C(=O)C(=O)NCc3nn[nH]n3)c(C)n2C)cc1F. The lowest BCUT2D eigenvalue weighted by Gasteiger charge is -2.09. The molecule has 0 saturated heterocycles. The van der Waals surface area contributed by atoms with Crippen molar-refractivity contribution in [1.29, 1.82) is 0 Å². The maximum atomic E-state index is 13.8. The molecule has 0 aliphatic carbocycles. The Kier molecular flexibility index (Phi) is 5.72. The highest BCUT2D eigenvalue weighted by molar-refractivity contribution is 6.43. The van der Waals surface area contributed by atoms with E-state index in [0.717, 1.165) is 0 Å². The van der Waals surface area contributed by atoms with Gasteiger partial charge in [-0.2, -0.15) is 5.21 Å². The van der Waals surface area contributed by atoms with Gasteiger partial charge in [0.1, 0.15) is 11.5 Å². The van der Waals surface area contributed by atoms with E-state index in [1.165, 1.54) is 10.6 Å². The quantitative estimate of drug-likeness (QED) is 0.412. The summed E-state index contributed by atoms with van der Waals surface area (Å²) in [4.78, 5) is 37.8. The van der Waals surface area contributed by atoms with E-state index in [9.17, 15) is 18.8 Å². The molecular formula is C19H20FN7O3. The lowest BCUT2D eigenvalue weighted by Crippen LogP contribution is -2.31. The topological polar surface area (TPSA) is 135 Å². The number of rotatable bonds is 6. The molecule has 3 aromatic rings. The second-order valence-electron chi connectivity index (χ2n) is 6.75. The Morgan fingerprint density at radius 2 is 1.93 bits per heavy atom. The number of carbonyl (C=O) groups is 3. The van der Waals surface area contributed by atoms with Gasteiger partial charge in [0, 0.05) is 18.4 Å². The van der Waals surface area contributed by atoms with E-state index in [0.29, 0.717) is 16.8 Å². The maximum absolute atomic E-state index is 13.8. The highest BCUT2D eigenvalue weighted by Crippen LogP contribution is 2.23. The summed E-state index contributed by atoms with van der Waals surface area (Å²) in [5, 5.41) is 18.0. The summed E-state index contributed by atoms with van der Waals surface area (Å²) < 4.78 is 15.3. The number of hydrogen-bond acceptors (Lipinski definition) is 6. The molecule has 2 aromatic heterocycles. The number of benzene rings is 1. The van der Waals surface area contributed by atoms with Gasteiger partial charge in [0.15, 0.2) is 5.82 Å². The fourth-order valence-corrected chi connectivity index (χ4v) is 3.11. The molecule has 0 fully saturated rings. The molecular weight excluding hydrogens is 393 g/mol. The number of halogens is 1. The Balaban J connectivity index is 1.83. The summed E-state index contributed by atoms with van der Waals surface area (Å²) in [6.45, 7) is 4.76. The molecule has 2 heterocycles. The Bertz CT molecular complexity index is 1140. The van der Waals surface area contributed by atoms with Crippen molar-refractivity contribution in [2.75, 3.05) is 5.32 Å². The first kappa shape index (κ1) is 20.8. The Labute approximate surface area is 170 Å². The van der Waals surface area contributed by atoms with E-state index in [-0.39, 0.29) is 29.3 Å². The van der Waals surface area contributed by atoms with Crippen molar-refractivity contribution in [3.05, 3.63) is 57.9 Å². The fraction of sp³-hybridized carbons (Fsp3) is 0.263. The number of carbonyl (C=O) groups excluding carboxylic acids is 3. The van der Waals surface area contributed by atoms with Crippen LogP contribution in [0.25, 0.3) is 0 Å². The standard InChI is InChI=1S/C19H20FN7O3/c1-9-5-6-12(7-13(9)20)22-18(29)16-10(2)15(11(3)27(16)4)17(28)19(30)21-8-14-23-25-26-24-14/h5-7H,8H2,1-4H3,(H,21,30)(H,22,29)(H,23,24,25,26). The van der Waals surface area contributed by atoms with Gasteiger partial charge >= 0.3 is 0 Å². The molecule has 1 aromatic carbocycles. The molecule has 0 atom stereocenters. The minimum Gasteiger partial charge on any atom is -0.343 e. The molecule has 0 aliphatic rings. The molecule has 3 N–H and O–H groups in total. The molecule has 30 heavy (non-hydrogen) atoms. The second-order valence-corrected chi connectivity index (χ2v) is 6.75. The zero-order valence-electron chi connectivity index (χ0n) is 16.8. The number of nitrogens with one attached hydrogen (secondary N) is 3. The maximum Gasteiger partial charge on any atom is 0.292 e. The number of Topliss-reactive ketones (excluding diaryl/α,β-unsaturated/α-hetero) is 1. The van der Waals surface area contributed by atoms with Gasteiger partial charge < -0.3 is 15.2 Å². The number of H-pyrrole nitrogens is 1. The van der Waals surface area contributed by atoms with Crippen LogP contribution in [0.3, 0.4) is 0 Å². The number of aromatic nitrogens is 5. The summed E-state index contributed by atoms with van der Waals surface area (Å²) in [5.41, 5.74) is 1.86. The van der Waals surface area contributed by atoms with Crippen LogP contribution in [0.4, 0.5) is 10.1 Å². The molecule has 0 bridgehead atoms. The summed E-state index contributed by atoms with van der Waals surface area (Å²) in [6.07, 6.45) is 0. The lowest BCUT2D eigenvalue weighted by molar-refractivity contribution is -0.117. The van der Waals surface area contributed by atoms with Gasteiger partial charge in [-0.3, -0.25) is 14.4 Å². The lowest BCUT2D eigenvalue weighted by atomic mass is 10.0. The molecule has 3 rings (SSSR count). The zero-order chi connectivity index (χ0) is 22.0. The van der Waals surface area contributed by atoms with E-state index in [1.54, 1.807) is 40.0 Å². The summed E-state index contributed by atoms with van der Waals surface area (Å²) in [7, 11) is 1.61. The van der Waals surface area contributed by atoms with E-state index in [1.807, 2.05) is 0 Å². The van der Waals surface area contributed by atoms with Crippen molar-refractivity contribution >= 4 is 23.3 Å². The zero-order valence-corrected chi connectivity index (χ0v) is 16.8. The molecule has 0 aliphatic heterocycles. The molecule has 10 nitrogen and oxygen atoms in total. The number of aromatic amines is 1. The minimum atomic E-state index is -0.857. The van der Waals surface area contributed by atoms with Gasteiger partial charge in [0.2, 0.25) is 0 Å². The Morgan fingerprint density at radius 3 is 2.57 bits per heavy atom. The van der Waals surface area contributed by atoms with Crippen LogP contribution in [-0.2, 0) is 18.4 Å². The fourth-order valence-electron chi connectivity index (χ4n) is 3.11. The van der Waals surface area contributed by atoms with Gasteiger partial charge in [0.25, 0.3) is 17.6 Å². The molecule has 156 valence electrons. The van der Waals surface area contributed by atoms with Crippen LogP contribution >= 0.6 is 0 Å². The van der Waals surface area contributed by atoms with Gasteiger partial charge in [-0.05, 0) is 44.0 Å². The molecule has 0 radical (unpaired) electrons. The Morgan fingerprint density at radius 1 is 1.20 bits per heavy atom. The number of nitrogens with zero attached hydrogens (tertiary/aromatic N) is 4. The van der Waals surface area contributed by atoms with Crippen LogP contribution in [-0.4, -0.2) is 42.8 Å². The van der Waals surface area contributed by atoms with Gasteiger partial charge in [0.05, 0.1) is 12.1 Å². The third-order valence-electron chi connectivity index (χ3n) is 4.80. The van der Waals surface area contributed by atoms with Crippen molar-refractivity contribution < 1.29 is 18.8 Å². The van der Waals surface area contributed by atoms with Crippen LogP contribution in [0.2, 0.25) is 0 Å². The molecule has 0 unspecified atom stereocenters. The van der Waals surface area contributed by atoms with Crippen LogP contribution in [0, 0.1) is 26.6 Å². The highest BCUT2D eigenvalue weighted by atomic mass is 19.1. The van der Waals surface area contributed by atoms with E-state index in [4.69, 9.17) is 0 Å². The monoisotopic (exact) mass is 413 g/mol. The van der Waals surface area contributed by atoms with Crippen LogP contribution in [0.1, 0.15) is 43.5 Å². The highest BCUT2D eigenvalue weighted by Gasteiger charge is 2.28. The smallest absolute Gasteiger partial charge is 0.292 e. The number of aryl methyl sites for hydroxylation is 1. The van der Waals surface area contributed by atoms with Crippen molar-refractivity contribution in [1.82, 2.24) is 30.5 Å². The number of tetrazole rings is 1. The third-order valence-corrected chi connectivity index (χ3v) is 4.80. The predicted octanol–water partition coefficient (Wildman–Crippen LogP) is 1.35. The van der Waals surface area contributed by atoms with E-state index >= 15 is 0 Å². The molecule has 11 heteroatoms. The first-order valence-corrected chi connectivity index (χ1v) is 8.99. The number of amides is 2. The largest absolute Gasteiger partial charge is 0.343 e. The third kappa shape index (κ3) is 3.95. The summed E-state index contributed by atoms with van der Waals surface area (Å²) in [6, 6.07) is 4.35. The van der Waals surface area contributed by atoms with Crippen LogP contribution < -0.4 is 10.6 Å². The van der Waals surface area contributed by atoms with Gasteiger partial charge in [-0.1, -0.05) is 11.3 Å². The normalized spacial score (nSPS) is 10.7. The summed E-state index contributed by atoms with van der Waals surface area (Å²) >= 11 is 0. The predicted molar refractivity (Wildman–Crippen MR) is 104 cm³/mol. The number of hydrogen-bond donors (Lipinski definition) is 3. The van der Waals surface area contributed by atoms with Crippen molar-refractivity contribution in [3.63, 3.8) is 0 Å². The molecule has 0 spiro atoms. The van der Waals surface area contributed by atoms with Gasteiger partial charge in [-0.25, -0.2) is 4.39 Å². The van der Waals surface area contributed by atoms with Crippen molar-refractivity contribution in [3.8, 4) is 0 Å². The Hall–Kier alpha value is -3.89. The second kappa shape index (κ2) is 8.23. The number of ketones is 1. The molecule has 2 amide bonds. The van der Waals surface area contributed by atoms with Gasteiger partial charge in [-0.15, -0.1) is 10.2 Å². The van der Waals surface area contributed by atoms with Crippen molar-refractivity contribution in [2.24, 2.45) is 7.05 Å². The summed E-state index contributed by atoms with van der Waals surface area (Å²) in [5.74, 6) is -2.38. The average molecular weight is 413 g/mol. The van der Waals surface area contributed by atoms with E-state index < -0.39 is 23.4 Å². The first-order valence-electron chi connectivity index (χ1n) is 8.99. The van der Waals surface area contributed by atoms with Crippen molar-refractivity contribution in [2.45, 2.75) is 27.3 Å². The van der Waals surface area contributed by atoms with Crippen LogP contribution in [0.15, 0.2) is 18.2 Å². The van der Waals surface area contributed by atoms with E-state index in [2.05, 4.69) is 31.3 Å².